The second kappa shape index (κ2) is 3.39. The molecule has 1 rings (SSSR count). The third-order valence-corrected chi connectivity index (χ3v) is 3.81. The summed E-state index contributed by atoms with van der Waals surface area (Å²) in [6.45, 7) is 0. The molecule has 0 amide bonds. The molecule has 10 heavy (non-hydrogen) atoms. The third-order valence-electron chi connectivity index (χ3n) is 0.875. The van der Waals surface area contributed by atoms with Crippen molar-refractivity contribution in [3.63, 3.8) is 0 Å². The molecule has 54 valence electrons. The minimum Gasteiger partial charge on any atom is -0.242 e. The van der Waals surface area contributed by atoms with Crippen molar-refractivity contribution in [2.45, 2.75) is 0 Å². The second-order valence-electron chi connectivity index (χ2n) is 1.52. The molecule has 1 aromatic heterocycles. The van der Waals surface area contributed by atoms with E-state index in [4.69, 9.17) is 23.2 Å². The number of nitrogens with zero attached hydrogens (tertiary/aromatic N) is 1. The molecule has 0 N–H and O–H groups in total. The average Bonchev–Trinajstić information content (AvgIpc) is 1.93. The van der Waals surface area contributed by atoms with Crippen LogP contribution in [0.2, 0.25) is 10.2 Å². The van der Waals surface area contributed by atoms with Crippen LogP contribution in [0.3, 0.4) is 0 Å². The molecule has 0 saturated carbocycles. The van der Waals surface area contributed by atoms with Crippen LogP contribution < -0.4 is 0 Å². The monoisotopic (exact) mass is 303 g/mol. The van der Waals surface area contributed by atoms with Crippen LogP contribution in [0, 0.1) is 0 Å². The molecule has 0 fully saturated rings. The van der Waals surface area contributed by atoms with E-state index in [0.717, 1.165) is 8.95 Å². The second-order valence-corrected chi connectivity index (χ2v) is 3.91. The van der Waals surface area contributed by atoms with Gasteiger partial charge < -0.3 is 0 Å². The Morgan fingerprint density at radius 3 is 2.40 bits per heavy atom. The summed E-state index contributed by atoms with van der Waals surface area (Å²) in [5, 5.41) is 0.729. The Kier molecular flexibility index (Phi) is 2.98. The van der Waals surface area contributed by atoms with E-state index in [0.29, 0.717) is 10.2 Å². The number of aromatic nitrogens is 1. The van der Waals surface area contributed by atoms with Crippen LogP contribution in [0.5, 0.6) is 0 Å². The first kappa shape index (κ1) is 8.78. The highest BCUT2D eigenvalue weighted by atomic mass is 79.9. The van der Waals surface area contributed by atoms with Crippen molar-refractivity contribution in [3.8, 4) is 0 Å². The van der Waals surface area contributed by atoms with E-state index in [1.165, 1.54) is 0 Å². The topological polar surface area (TPSA) is 12.9 Å². The maximum atomic E-state index is 5.71. The molecule has 0 spiro atoms. The van der Waals surface area contributed by atoms with Gasteiger partial charge in [-0.3, -0.25) is 0 Å². The normalized spacial score (nSPS) is 10.0. The van der Waals surface area contributed by atoms with Crippen LogP contribution in [0.25, 0.3) is 0 Å². The summed E-state index contributed by atoms with van der Waals surface area (Å²) in [6.07, 6.45) is 1.58. The van der Waals surface area contributed by atoms with Gasteiger partial charge in [-0.2, -0.15) is 0 Å². The first-order valence-corrected chi connectivity index (χ1v) is 4.62. The quantitative estimate of drug-likeness (QED) is 0.662. The summed E-state index contributed by atoms with van der Waals surface area (Å²) in [7, 11) is 0. The average molecular weight is 306 g/mol. The number of hydrogen-bond donors (Lipinski definition) is 0. The van der Waals surface area contributed by atoms with Crippen LogP contribution in [0.4, 0.5) is 0 Å². The predicted molar refractivity (Wildman–Crippen MR) is 49.7 cm³/mol. The van der Waals surface area contributed by atoms with Crippen LogP contribution in [0.1, 0.15) is 0 Å². The van der Waals surface area contributed by atoms with Crippen LogP contribution >= 0.6 is 55.1 Å². The maximum Gasteiger partial charge on any atom is 0.148 e. The standard InChI is InChI=1S/C5HBr2Cl2N/c6-2-1-10-5(9)4(8)3(2)7/h1H. The van der Waals surface area contributed by atoms with Gasteiger partial charge >= 0.3 is 0 Å². The van der Waals surface area contributed by atoms with E-state index < -0.39 is 0 Å². The summed E-state index contributed by atoms with van der Waals surface area (Å²) in [5.41, 5.74) is 0. The molecule has 1 heterocycles. The van der Waals surface area contributed by atoms with E-state index in [2.05, 4.69) is 36.8 Å². The van der Waals surface area contributed by atoms with E-state index in [1.54, 1.807) is 6.20 Å². The Bertz CT molecular complexity index is 237. The van der Waals surface area contributed by atoms with Gasteiger partial charge in [-0.15, -0.1) is 0 Å². The zero-order chi connectivity index (χ0) is 7.72. The molecule has 0 atom stereocenters. The lowest BCUT2D eigenvalue weighted by Gasteiger charge is -1.98. The fourth-order valence-electron chi connectivity index (χ4n) is 0.422. The van der Waals surface area contributed by atoms with Gasteiger partial charge in [0.2, 0.25) is 0 Å². The number of halogens is 4. The summed E-state index contributed by atoms with van der Waals surface area (Å²) in [5.74, 6) is 0. The zero-order valence-electron chi connectivity index (χ0n) is 4.54. The molecule has 1 nitrogen and oxygen atoms in total. The predicted octanol–water partition coefficient (Wildman–Crippen LogP) is 3.91. The van der Waals surface area contributed by atoms with Crippen LogP contribution in [0.15, 0.2) is 15.1 Å². The molecule has 0 radical (unpaired) electrons. The van der Waals surface area contributed by atoms with E-state index in [-0.39, 0.29) is 0 Å². The van der Waals surface area contributed by atoms with Crippen molar-refractivity contribution in [3.05, 3.63) is 25.3 Å². The third kappa shape index (κ3) is 1.64. The number of pyridine rings is 1. The van der Waals surface area contributed by atoms with Crippen LogP contribution in [-0.2, 0) is 0 Å². The Morgan fingerprint density at radius 2 is 1.90 bits per heavy atom. The minimum atomic E-state index is 0.303. The van der Waals surface area contributed by atoms with Gasteiger partial charge in [-0.1, -0.05) is 23.2 Å². The van der Waals surface area contributed by atoms with Crippen molar-refractivity contribution in [2.24, 2.45) is 0 Å². The zero-order valence-corrected chi connectivity index (χ0v) is 9.22. The van der Waals surface area contributed by atoms with E-state index >= 15 is 0 Å². The van der Waals surface area contributed by atoms with Gasteiger partial charge in [0.1, 0.15) is 5.15 Å². The Balaban J connectivity index is 3.34. The van der Waals surface area contributed by atoms with Crippen LogP contribution in [-0.4, -0.2) is 4.98 Å². The fourth-order valence-corrected chi connectivity index (χ4v) is 1.54. The fraction of sp³-hybridized carbons (Fsp3) is 0. The van der Waals surface area contributed by atoms with Crippen molar-refractivity contribution in [2.75, 3.05) is 0 Å². The number of rotatable bonds is 0. The maximum absolute atomic E-state index is 5.71. The minimum absolute atomic E-state index is 0.303. The van der Waals surface area contributed by atoms with Gasteiger partial charge in [-0.05, 0) is 31.9 Å². The van der Waals surface area contributed by atoms with Gasteiger partial charge in [0.05, 0.1) is 14.0 Å². The Hall–Kier alpha value is 0.690. The summed E-state index contributed by atoms with van der Waals surface area (Å²) >= 11 is 17.8. The van der Waals surface area contributed by atoms with Crippen molar-refractivity contribution in [1.82, 2.24) is 4.98 Å². The van der Waals surface area contributed by atoms with E-state index in [9.17, 15) is 0 Å². The summed E-state index contributed by atoms with van der Waals surface area (Å²) in [4.78, 5) is 3.80. The molecule has 0 unspecified atom stereocenters. The molecule has 0 aliphatic carbocycles. The lowest BCUT2D eigenvalue weighted by atomic mass is 10.5. The van der Waals surface area contributed by atoms with Gasteiger partial charge in [0, 0.05) is 6.20 Å². The molecule has 0 aliphatic rings. The molecule has 0 aliphatic heterocycles. The van der Waals surface area contributed by atoms with Gasteiger partial charge in [0.25, 0.3) is 0 Å². The Labute approximate surface area is 85.0 Å². The molecule has 0 bridgehead atoms. The SMILES string of the molecule is Clc1ncc(Br)c(Br)c1Cl. The van der Waals surface area contributed by atoms with Crippen molar-refractivity contribution < 1.29 is 0 Å². The largest absolute Gasteiger partial charge is 0.242 e. The smallest absolute Gasteiger partial charge is 0.148 e. The van der Waals surface area contributed by atoms with Gasteiger partial charge in [0.15, 0.2) is 0 Å². The molecule has 5 heteroatoms. The highest BCUT2D eigenvalue weighted by Crippen LogP contribution is 2.33. The summed E-state index contributed by atoms with van der Waals surface area (Å²) < 4.78 is 1.52. The molecular weight excluding hydrogens is 305 g/mol. The lowest BCUT2D eigenvalue weighted by Crippen LogP contribution is -1.78. The highest BCUT2D eigenvalue weighted by Gasteiger charge is 2.06. The molecular formula is C5HBr2Cl2N. The van der Waals surface area contributed by atoms with E-state index in [1.807, 2.05) is 0 Å². The molecule has 0 saturated heterocycles. The molecule has 1 aromatic rings. The Morgan fingerprint density at radius 1 is 1.30 bits per heavy atom. The lowest BCUT2D eigenvalue weighted by molar-refractivity contribution is 1.29. The highest BCUT2D eigenvalue weighted by molar-refractivity contribution is 9.13. The van der Waals surface area contributed by atoms with Gasteiger partial charge in [-0.25, -0.2) is 4.98 Å². The number of hydrogen-bond acceptors (Lipinski definition) is 1. The molecule has 0 aromatic carbocycles. The van der Waals surface area contributed by atoms with Crippen molar-refractivity contribution >= 4 is 55.1 Å². The first-order valence-electron chi connectivity index (χ1n) is 2.28. The first-order chi connectivity index (χ1) is 4.63. The summed E-state index contributed by atoms with van der Waals surface area (Å²) in [6, 6.07) is 0. The van der Waals surface area contributed by atoms with Crippen molar-refractivity contribution in [1.29, 1.82) is 0 Å².